The molecule has 0 spiro atoms. The minimum Gasteiger partial charge on any atom is -0.372 e. The standard InChI is InChI=1S/C17H17IN2O.C2H6/c18-15-5-1-2-6-16(15)19-17(21)13-7-9-14(10-8-13)20-11-3-4-12-20;1-2/h1-2,5-10H,3-4,11-12H2,(H,19,21);1-2H3. The van der Waals surface area contributed by atoms with Gasteiger partial charge in [0.05, 0.1) is 5.69 Å². The van der Waals surface area contributed by atoms with Crippen LogP contribution in [0.2, 0.25) is 0 Å². The molecule has 4 heteroatoms. The van der Waals surface area contributed by atoms with Crippen molar-refractivity contribution in [2.75, 3.05) is 23.3 Å². The van der Waals surface area contributed by atoms with Gasteiger partial charge in [0.1, 0.15) is 0 Å². The molecule has 1 fully saturated rings. The second-order valence-corrected chi connectivity index (χ2v) is 6.34. The van der Waals surface area contributed by atoms with Crippen molar-refractivity contribution in [3.63, 3.8) is 0 Å². The summed E-state index contributed by atoms with van der Waals surface area (Å²) >= 11 is 2.22. The van der Waals surface area contributed by atoms with Crippen LogP contribution in [0, 0.1) is 3.57 Å². The quantitative estimate of drug-likeness (QED) is 0.693. The van der Waals surface area contributed by atoms with Crippen LogP contribution in [0.15, 0.2) is 48.5 Å². The Morgan fingerprint density at radius 3 is 2.22 bits per heavy atom. The van der Waals surface area contributed by atoms with Crippen LogP contribution in [0.5, 0.6) is 0 Å². The fourth-order valence-corrected chi connectivity index (χ4v) is 3.08. The van der Waals surface area contributed by atoms with Gasteiger partial charge in [0.25, 0.3) is 5.91 Å². The maximum Gasteiger partial charge on any atom is 0.255 e. The lowest BCUT2D eigenvalue weighted by Gasteiger charge is -2.17. The summed E-state index contributed by atoms with van der Waals surface area (Å²) in [4.78, 5) is 14.6. The number of carbonyl (C=O) groups excluding carboxylic acids is 1. The zero-order valence-corrected chi connectivity index (χ0v) is 15.8. The average Bonchev–Trinajstić information content (AvgIpc) is 3.13. The first-order valence-corrected chi connectivity index (χ1v) is 9.23. The van der Waals surface area contributed by atoms with Crippen molar-refractivity contribution in [2.24, 2.45) is 0 Å². The number of benzene rings is 2. The van der Waals surface area contributed by atoms with E-state index in [0.717, 1.165) is 22.3 Å². The van der Waals surface area contributed by atoms with Crippen LogP contribution in [0.4, 0.5) is 11.4 Å². The number of carbonyl (C=O) groups is 1. The molecule has 2 aromatic rings. The summed E-state index contributed by atoms with van der Waals surface area (Å²) in [5, 5.41) is 2.96. The van der Waals surface area contributed by atoms with E-state index in [1.165, 1.54) is 18.5 Å². The molecule has 0 atom stereocenters. The number of hydrogen-bond donors (Lipinski definition) is 1. The van der Waals surface area contributed by atoms with Gasteiger partial charge in [-0.25, -0.2) is 0 Å². The zero-order valence-electron chi connectivity index (χ0n) is 13.7. The topological polar surface area (TPSA) is 32.3 Å². The summed E-state index contributed by atoms with van der Waals surface area (Å²) in [6, 6.07) is 15.7. The van der Waals surface area contributed by atoms with Crippen molar-refractivity contribution >= 4 is 39.9 Å². The second kappa shape index (κ2) is 8.91. The molecule has 0 bridgehead atoms. The van der Waals surface area contributed by atoms with Crippen molar-refractivity contribution in [3.05, 3.63) is 57.7 Å². The van der Waals surface area contributed by atoms with E-state index in [0.29, 0.717) is 5.56 Å². The third-order valence-electron chi connectivity index (χ3n) is 3.72. The van der Waals surface area contributed by atoms with Crippen molar-refractivity contribution in [1.82, 2.24) is 0 Å². The summed E-state index contributed by atoms with van der Waals surface area (Å²) in [6.45, 7) is 6.24. The number of hydrogen-bond acceptors (Lipinski definition) is 2. The van der Waals surface area contributed by atoms with Crippen LogP contribution >= 0.6 is 22.6 Å². The van der Waals surface area contributed by atoms with Gasteiger partial charge in [-0.1, -0.05) is 26.0 Å². The summed E-state index contributed by atoms with van der Waals surface area (Å²) in [6.07, 6.45) is 2.52. The lowest BCUT2D eigenvalue weighted by Crippen LogP contribution is -2.18. The Balaban J connectivity index is 0.000000924. The molecule has 0 aliphatic carbocycles. The highest BCUT2D eigenvalue weighted by Crippen LogP contribution is 2.22. The highest BCUT2D eigenvalue weighted by Gasteiger charge is 2.13. The molecule has 3 nitrogen and oxygen atoms in total. The average molecular weight is 422 g/mol. The van der Waals surface area contributed by atoms with E-state index < -0.39 is 0 Å². The smallest absolute Gasteiger partial charge is 0.255 e. The van der Waals surface area contributed by atoms with Crippen LogP contribution in [-0.2, 0) is 0 Å². The lowest BCUT2D eigenvalue weighted by molar-refractivity contribution is 0.102. The van der Waals surface area contributed by atoms with Crippen molar-refractivity contribution < 1.29 is 4.79 Å². The number of amides is 1. The molecule has 0 radical (unpaired) electrons. The van der Waals surface area contributed by atoms with E-state index in [1.807, 2.05) is 62.4 Å². The molecular formula is C19H23IN2O. The Bertz CT molecular complexity index is 634. The van der Waals surface area contributed by atoms with Crippen molar-refractivity contribution in [2.45, 2.75) is 26.7 Å². The van der Waals surface area contributed by atoms with Crippen LogP contribution < -0.4 is 10.2 Å². The summed E-state index contributed by atoms with van der Waals surface area (Å²) in [5.74, 6) is -0.0629. The first kappa shape index (κ1) is 17.8. The monoisotopic (exact) mass is 422 g/mol. The van der Waals surface area contributed by atoms with Gasteiger partial charge in [-0.05, 0) is 71.8 Å². The Labute approximate surface area is 152 Å². The Hall–Kier alpha value is -1.56. The Morgan fingerprint density at radius 1 is 1.00 bits per heavy atom. The molecule has 1 saturated heterocycles. The molecule has 1 aliphatic rings. The maximum atomic E-state index is 12.3. The lowest BCUT2D eigenvalue weighted by atomic mass is 10.2. The third kappa shape index (κ3) is 4.70. The first-order valence-electron chi connectivity index (χ1n) is 8.15. The highest BCUT2D eigenvalue weighted by atomic mass is 127. The molecule has 1 amide bonds. The molecule has 0 saturated carbocycles. The largest absolute Gasteiger partial charge is 0.372 e. The van der Waals surface area contributed by atoms with Gasteiger partial charge in [-0.3, -0.25) is 4.79 Å². The number of rotatable bonds is 3. The van der Waals surface area contributed by atoms with Crippen LogP contribution in [0.1, 0.15) is 37.0 Å². The number of nitrogens with zero attached hydrogens (tertiary/aromatic N) is 1. The molecule has 2 aromatic carbocycles. The number of para-hydroxylation sites is 1. The first-order chi connectivity index (χ1) is 11.2. The third-order valence-corrected chi connectivity index (χ3v) is 4.66. The van der Waals surface area contributed by atoms with Crippen molar-refractivity contribution in [3.8, 4) is 0 Å². The van der Waals surface area contributed by atoms with Crippen molar-refractivity contribution in [1.29, 1.82) is 0 Å². The van der Waals surface area contributed by atoms with Gasteiger partial charge in [-0.2, -0.15) is 0 Å². The molecule has 1 heterocycles. The Kier molecular flexibility index (Phi) is 6.89. The molecule has 23 heavy (non-hydrogen) atoms. The molecule has 0 unspecified atom stereocenters. The fraction of sp³-hybridized carbons (Fsp3) is 0.316. The predicted octanol–water partition coefficient (Wildman–Crippen LogP) is 5.17. The number of nitrogens with one attached hydrogen (secondary N) is 1. The summed E-state index contributed by atoms with van der Waals surface area (Å²) < 4.78 is 1.04. The van der Waals surface area contributed by atoms with Crippen LogP contribution in [-0.4, -0.2) is 19.0 Å². The van der Waals surface area contributed by atoms with Gasteiger partial charge >= 0.3 is 0 Å². The minimum absolute atomic E-state index is 0.0629. The normalized spacial score (nSPS) is 13.3. The molecule has 3 rings (SSSR count). The highest BCUT2D eigenvalue weighted by molar-refractivity contribution is 14.1. The summed E-state index contributed by atoms with van der Waals surface area (Å²) in [5.41, 5.74) is 2.75. The SMILES string of the molecule is CC.O=C(Nc1ccccc1I)c1ccc(N2CCCC2)cc1. The van der Waals surface area contributed by atoms with E-state index in [1.54, 1.807) is 0 Å². The predicted molar refractivity (Wildman–Crippen MR) is 106 cm³/mol. The zero-order chi connectivity index (χ0) is 16.7. The van der Waals surface area contributed by atoms with Gasteiger partial charge in [0.2, 0.25) is 0 Å². The van der Waals surface area contributed by atoms with Gasteiger partial charge in [0, 0.05) is 27.9 Å². The molecule has 1 N–H and O–H groups in total. The molecular weight excluding hydrogens is 399 g/mol. The van der Waals surface area contributed by atoms with Gasteiger partial charge < -0.3 is 10.2 Å². The van der Waals surface area contributed by atoms with E-state index in [4.69, 9.17) is 0 Å². The minimum atomic E-state index is -0.0629. The van der Waals surface area contributed by atoms with Crippen LogP contribution in [0.25, 0.3) is 0 Å². The Morgan fingerprint density at radius 2 is 1.61 bits per heavy atom. The second-order valence-electron chi connectivity index (χ2n) is 5.17. The van der Waals surface area contributed by atoms with E-state index in [-0.39, 0.29) is 5.91 Å². The maximum absolute atomic E-state index is 12.3. The summed E-state index contributed by atoms with van der Waals surface area (Å²) in [7, 11) is 0. The van der Waals surface area contributed by atoms with Gasteiger partial charge in [0.15, 0.2) is 0 Å². The molecule has 0 aromatic heterocycles. The molecule has 1 aliphatic heterocycles. The number of anilines is 2. The van der Waals surface area contributed by atoms with Crippen LogP contribution in [0.3, 0.4) is 0 Å². The van der Waals surface area contributed by atoms with Gasteiger partial charge in [-0.15, -0.1) is 0 Å². The van der Waals surface area contributed by atoms with E-state index in [9.17, 15) is 4.79 Å². The van der Waals surface area contributed by atoms with E-state index in [2.05, 4.69) is 32.8 Å². The molecule has 122 valence electrons. The number of halogens is 1. The fourth-order valence-electron chi connectivity index (χ4n) is 2.56. The van der Waals surface area contributed by atoms with E-state index >= 15 is 0 Å².